The Morgan fingerprint density at radius 1 is 1.23 bits per heavy atom. The summed E-state index contributed by atoms with van der Waals surface area (Å²) in [6, 6.07) is 11.3. The van der Waals surface area contributed by atoms with Crippen molar-refractivity contribution in [1.29, 1.82) is 0 Å². The van der Waals surface area contributed by atoms with Gasteiger partial charge in [-0.2, -0.15) is 4.68 Å². The lowest BCUT2D eigenvalue weighted by Gasteiger charge is -2.23. The van der Waals surface area contributed by atoms with Gasteiger partial charge >= 0.3 is 12.1 Å². The average molecular weight is 554 g/mol. The highest BCUT2D eigenvalue weighted by Crippen LogP contribution is 2.23. The predicted molar refractivity (Wildman–Crippen MR) is 144 cm³/mol. The zero-order valence-electron chi connectivity index (χ0n) is 21.2. The van der Waals surface area contributed by atoms with E-state index in [1.807, 2.05) is 0 Å². The normalized spacial score (nSPS) is 15.7. The number of carboxylic acids is 1. The van der Waals surface area contributed by atoms with Gasteiger partial charge in [0.15, 0.2) is 0 Å². The van der Waals surface area contributed by atoms with Crippen LogP contribution in [0.2, 0.25) is 5.02 Å². The molecular formula is C26H28ClN7O5. The summed E-state index contributed by atoms with van der Waals surface area (Å²) in [6.07, 6.45) is 5.57. The first-order chi connectivity index (χ1) is 18.8. The summed E-state index contributed by atoms with van der Waals surface area (Å²) in [5.74, 6) is -1.14. The molecule has 1 aromatic heterocycles. The van der Waals surface area contributed by atoms with E-state index < -0.39 is 5.97 Å². The van der Waals surface area contributed by atoms with E-state index in [1.165, 1.54) is 36.3 Å². The van der Waals surface area contributed by atoms with Crippen molar-refractivity contribution < 1.29 is 24.2 Å². The van der Waals surface area contributed by atoms with E-state index in [0.29, 0.717) is 42.3 Å². The summed E-state index contributed by atoms with van der Waals surface area (Å²) in [5.41, 5.74) is 2.22. The van der Waals surface area contributed by atoms with E-state index >= 15 is 0 Å². The molecule has 0 spiro atoms. The van der Waals surface area contributed by atoms with Crippen molar-refractivity contribution in [1.82, 2.24) is 30.4 Å². The van der Waals surface area contributed by atoms with Crippen LogP contribution in [-0.4, -0.2) is 81.0 Å². The van der Waals surface area contributed by atoms with Gasteiger partial charge in [-0.3, -0.25) is 4.79 Å². The van der Waals surface area contributed by atoms with Gasteiger partial charge in [0.1, 0.15) is 6.33 Å². The number of rotatable bonds is 10. The van der Waals surface area contributed by atoms with Crippen LogP contribution in [0, 0.1) is 5.92 Å². The first-order valence-electron chi connectivity index (χ1n) is 12.2. The second-order valence-electron chi connectivity index (χ2n) is 9.07. The van der Waals surface area contributed by atoms with Gasteiger partial charge in [0, 0.05) is 48.0 Å². The molecule has 1 aliphatic heterocycles. The number of benzene rings is 2. The molecule has 2 aromatic carbocycles. The molecule has 1 aliphatic rings. The predicted octanol–water partition coefficient (Wildman–Crippen LogP) is 3.10. The molecule has 1 fully saturated rings. The van der Waals surface area contributed by atoms with E-state index in [-0.39, 0.29) is 29.5 Å². The van der Waals surface area contributed by atoms with Gasteiger partial charge < -0.3 is 25.4 Å². The lowest BCUT2D eigenvalue weighted by Crippen LogP contribution is -2.40. The van der Waals surface area contributed by atoms with Crippen LogP contribution in [0.15, 0.2) is 54.9 Å². The number of carbonyl (C=O) groups excluding carboxylic acids is 2. The zero-order chi connectivity index (χ0) is 27.8. The molecule has 0 radical (unpaired) electrons. The van der Waals surface area contributed by atoms with E-state index in [2.05, 4.69) is 26.2 Å². The summed E-state index contributed by atoms with van der Waals surface area (Å²) in [4.78, 5) is 37.7. The van der Waals surface area contributed by atoms with Crippen molar-refractivity contribution >= 4 is 41.3 Å². The Bertz CT molecular complexity index is 1330. The van der Waals surface area contributed by atoms with E-state index in [0.717, 1.165) is 12.1 Å². The highest BCUT2D eigenvalue weighted by Gasteiger charge is 2.29. The van der Waals surface area contributed by atoms with Crippen molar-refractivity contribution in [2.75, 3.05) is 32.1 Å². The Labute approximate surface area is 229 Å². The van der Waals surface area contributed by atoms with Crippen LogP contribution >= 0.6 is 11.6 Å². The third kappa shape index (κ3) is 7.54. The lowest BCUT2D eigenvalue weighted by molar-refractivity contribution is -0.117. The molecule has 1 saturated heterocycles. The number of nitrogens with zero attached hydrogens (tertiary/aromatic N) is 5. The van der Waals surface area contributed by atoms with Crippen molar-refractivity contribution in [2.24, 2.45) is 5.92 Å². The molecule has 0 aliphatic carbocycles. The summed E-state index contributed by atoms with van der Waals surface area (Å²) in [6.45, 7) is 1.53. The smallest absolute Gasteiger partial charge is 0.409 e. The number of methoxy groups -OCH3 is 1. The van der Waals surface area contributed by atoms with E-state index in [4.69, 9.17) is 21.4 Å². The third-order valence-electron chi connectivity index (χ3n) is 6.37. The maximum Gasteiger partial charge on any atom is 0.409 e. The summed E-state index contributed by atoms with van der Waals surface area (Å²) in [5, 5.41) is 27.1. The molecule has 12 nitrogen and oxygen atoms in total. The van der Waals surface area contributed by atoms with Crippen molar-refractivity contribution in [2.45, 2.75) is 18.9 Å². The number of halogens is 1. The maximum atomic E-state index is 13.0. The number of tetrazole rings is 1. The summed E-state index contributed by atoms with van der Waals surface area (Å²) >= 11 is 6.17. The maximum absolute atomic E-state index is 13.0. The highest BCUT2D eigenvalue weighted by molar-refractivity contribution is 6.30. The molecule has 2 amide bonds. The molecule has 4 rings (SSSR count). The van der Waals surface area contributed by atoms with Crippen LogP contribution in [0.1, 0.15) is 28.8 Å². The van der Waals surface area contributed by atoms with E-state index in [1.54, 1.807) is 41.3 Å². The fourth-order valence-electron chi connectivity index (χ4n) is 4.44. The first-order valence-corrected chi connectivity index (χ1v) is 12.6. The van der Waals surface area contributed by atoms with Gasteiger partial charge in [0.05, 0.1) is 18.4 Å². The largest absolute Gasteiger partial charge is 0.478 e. The van der Waals surface area contributed by atoms with Gasteiger partial charge in [-0.25, -0.2) is 9.59 Å². The number of aromatic carboxylic acids is 1. The Kier molecular flexibility index (Phi) is 9.10. The standard InChI is InChI=1S/C26H28ClN7O5/c1-39-26(38)33-11-10-17(15-33)12-22(14-28-21-6-2-18(3-7-21)25(36)37)30-24(35)9-4-19-13-20(27)5-8-23(19)34-16-29-31-32-34/h2-9,13,16-17,22,28H,10-12,14-15H2,1H3,(H,30,35)(H,36,37)/b9-4+/t17?,22-/m1/s1. The van der Waals surface area contributed by atoms with Crippen molar-refractivity contribution in [3.63, 3.8) is 0 Å². The summed E-state index contributed by atoms with van der Waals surface area (Å²) < 4.78 is 6.31. The lowest BCUT2D eigenvalue weighted by atomic mass is 9.98. The van der Waals surface area contributed by atoms with Crippen molar-refractivity contribution in [3.8, 4) is 5.69 Å². The molecule has 2 heterocycles. The minimum absolute atomic E-state index is 0.175. The van der Waals surface area contributed by atoms with Crippen LogP contribution in [0.3, 0.4) is 0 Å². The Hall–Kier alpha value is -4.45. The molecule has 2 atom stereocenters. The fraction of sp³-hybridized carbons (Fsp3) is 0.308. The van der Waals surface area contributed by atoms with Gasteiger partial charge in [0.2, 0.25) is 5.91 Å². The van der Waals surface area contributed by atoms with Crippen LogP contribution in [0.25, 0.3) is 11.8 Å². The van der Waals surface area contributed by atoms with Gasteiger partial charge in [-0.15, -0.1) is 5.10 Å². The number of likely N-dealkylation sites (tertiary alicyclic amines) is 1. The number of hydrogen-bond donors (Lipinski definition) is 3. The Balaban J connectivity index is 1.45. The molecular weight excluding hydrogens is 526 g/mol. The monoisotopic (exact) mass is 553 g/mol. The molecule has 204 valence electrons. The van der Waals surface area contributed by atoms with Crippen LogP contribution in [-0.2, 0) is 9.53 Å². The molecule has 0 bridgehead atoms. The van der Waals surface area contributed by atoms with Gasteiger partial charge in [0.25, 0.3) is 0 Å². The second kappa shape index (κ2) is 12.9. The zero-order valence-corrected chi connectivity index (χ0v) is 21.9. The third-order valence-corrected chi connectivity index (χ3v) is 6.60. The molecule has 3 aromatic rings. The Morgan fingerprint density at radius 2 is 2.03 bits per heavy atom. The minimum atomic E-state index is -1.00. The molecule has 3 N–H and O–H groups in total. The molecule has 13 heteroatoms. The number of ether oxygens (including phenoxy) is 1. The van der Waals surface area contributed by atoms with Crippen LogP contribution in [0.5, 0.6) is 0 Å². The van der Waals surface area contributed by atoms with Gasteiger partial charge in [-0.1, -0.05) is 11.6 Å². The quantitative estimate of drug-likeness (QED) is 0.321. The topological polar surface area (TPSA) is 152 Å². The number of amides is 2. The number of nitrogens with one attached hydrogen (secondary N) is 2. The fourth-order valence-corrected chi connectivity index (χ4v) is 4.62. The Morgan fingerprint density at radius 3 is 2.72 bits per heavy atom. The molecule has 1 unspecified atom stereocenters. The molecule has 39 heavy (non-hydrogen) atoms. The van der Waals surface area contributed by atoms with Crippen molar-refractivity contribution in [3.05, 3.63) is 71.0 Å². The number of carboxylic acid groups (broad SMARTS) is 1. The van der Waals surface area contributed by atoms with Gasteiger partial charge in [-0.05, 0) is 77.7 Å². The second-order valence-corrected chi connectivity index (χ2v) is 9.50. The average Bonchev–Trinajstić information content (AvgIpc) is 3.63. The minimum Gasteiger partial charge on any atom is -0.478 e. The molecule has 0 saturated carbocycles. The number of carbonyl (C=O) groups is 3. The van der Waals surface area contributed by atoms with Crippen LogP contribution in [0.4, 0.5) is 10.5 Å². The van der Waals surface area contributed by atoms with E-state index in [9.17, 15) is 14.4 Å². The summed E-state index contributed by atoms with van der Waals surface area (Å²) in [7, 11) is 1.36. The van der Waals surface area contributed by atoms with Crippen LogP contribution < -0.4 is 10.6 Å². The number of hydrogen-bond acceptors (Lipinski definition) is 8. The number of anilines is 1. The highest BCUT2D eigenvalue weighted by atomic mass is 35.5. The SMILES string of the molecule is COC(=O)N1CCC(C[C@H](CNc2ccc(C(=O)O)cc2)NC(=O)/C=C/c2cc(Cl)ccc2-n2cnnn2)C1. The first kappa shape index (κ1) is 27.6. The number of aromatic nitrogens is 4.